The van der Waals surface area contributed by atoms with Gasteiger partial charge in [-0.3, -0.25) is 4.79 Å². The van der Waals surface area contributed by atoms with E-state index < -0.39 is 10.0 Å². The minimum Gasteiger partial charge on any atom is -0.492 e. The maximum Gasteiger partial charge on any atom is 0.243 e. The Kier molecular flexibility index (Phi) is 7.22. The highest BCUT2D eigenvalue weighted by Gasteiger charge is 2.32. The Morgan fingerprint density at radius 3 is 2.55 bits per heavy atom. The Balaban J connectivity index is 1.36. The van der Waals surface area contributed by atoms with E-state index in [2.05, 4.69) is 5.32 Å². The van der Waals surface area contributed by atoms with Crippen molar-refractivity contribution in [3.63, 3.8) is 0 Å². The van der Waals surface area contributed by atoms with Crippen molar-refractivity contribution in [1.82, 2.24) is 9.62 Å². The van der Waals surface area contributed by atoms with E-state index in [0.717, 1.165) is 16.3 Å². The number of sulfonamides is 1. The summed E-state index contributed by atoms with van der Waals surface area (Å²) in [5.41, 5.74) is 1.06. The van der Waals surface area contributed by atoms with Crippen LogP contribution in [-0.4, -0.2) is 38.3 Å². The van der Waals surface area contributed by atoms with Crippen molar-refractivity contribution in [1.29, 1.82) is 0 Å². The molecule has 1 fully saturated rings. The molecule has 4 rings (SSSR count). The first kappa shape index (κ1) is 23.5. The summed E-state index contributed by atoms with van der Waals surface area (Å²) in [5, 5.41) is 5.55. The highest BCUT2D eigenvalue weighted by atomic mass is 35.5. The number of halogens is 1. The Morgan fingerprint density at radius 1 is 1.09 bits per heavy atom. The predicted octanol–water partition coefficient (Wildman–Crippen LogP) is 4.61. The molecule has 0 aromatic heterocycles. The van der Waals surface area contributed by atoms with Crippen LogP contribution in [0.5, 0.6) is 5.75 Å². The van der Waals surface area contributed by atoms with E-state index in [1.807, 2.05) is 49.4 Å². The number of hydrogen-bond acceptors (Lipinski definition) is 4. The fourth-order valence-electron chi connectivity index (χ4n) is 4.20. The van der Waals surface area contributed by atoms with E-state index >= 15 is 0 Å². The summed E-state index contributed by atoms with van der Waals surface area (Å²) in [7, 11) is -3.68. The number of carbonyl (C=O) groups is 1. The minimum absolute atomic E-state index is 0.0379. The quantitative estimate of drug-likeness (QED) is 0.529. The maximum absolute atomic E-state index is 13.0. The van der Waals surface area contributed by atoms with Crippen LogP contribution >= 0.6 is 11.6 Å². The Labute approximate surface area is 199 Å². The molecule has 0 spiro atoms. The Bertz CT molecular complexity index is 1250. The molecule has 6 nitrogen and oxygen atoms in total. The standard InChI is InChI=1S/C25H27ClN2O4S/c1-2-32-24-11-10-21(16-23(24)26)33(30,31)28-14-12-19(13-15-28)25(29)27-17-20-8-5-7-18-6-3-4-9-22(18)20/h3-11,16,19H,2,12-15,17H2,1H3,(H,27,29). The van der Waals surface area contributed by atoms with E-state index in [1.165, 1.54) is 16.4 Å². The van der Waals surface area contributed by atoms with Gasteiger partial charge in [0.2, 0.25) is 15.9 Å². The van der Waals surface area contributed by atoms with Crippen LogP contribution in [0.4, 0.5) is 0 Å². The molecular formula is C25H27ClN2O4S. The van der Waals surface area contributed by atoms with Gasteiger partial charge in [-0.1, -0.05) is 54.1 Å². The molecule has 0 bridgehead atoms. The lowest BCUT2D eigenvalue weighted by molar-refractivity contribution is -0.126. The number of nitrogens with zero attached hydrogens (tertiary/aromatic N) is 1. The van der Waals surface area contributed by atoms with Crippen LogP contribution < -0.4 is 10.1 Å². The lowest BCUT2D eigenvalue weighted by Gasteiger charge is -2.30. The number of amides is 1. The van der Waals surface area contributed by atoms with E-state index in [9.17, 15) is 13.2 Å². The van der Waals surface area contributed by atoms with Crippen LogP contribution in [-0.2, 0) is 21.4 Å². The second kappa shape index (κ2) is 10.1. The molecule has 1 heterocycles. The monoisotopic (exact) mass is 486 g/mol. The number of rotatable bonds is 7. The van der Waals surface area contributed by atoms with Gasteiger partial charge in [0.05, 0.1) is 16.5 Å². The Hall–Kier alpha value is -2.61. The molecular weight excluding hydrogens is 460 g/mol. The van der Waals surface area contributed by atoms with E-state index in [1.54, 1.807) is 6.07 Å². The van der Waals surface area contributed by atoms with Crippen LogP contribution in [0.2, 0.25) is 5.02 Å². The molecule has 1 aliphatic rings. The van der Waals surface area contributed by atoms with Crippen molar-refractivity contribution < 1.29 is 17.9 Å². The summed E-state index contributed by atoms with van der Waals surface area (Å²) in [6.07, 6.45) is 0.955. The highest BCUT2D eigenvalue weighted by Crippen LogP contribution is 2.30. The molecule has 174 valence electrons. The molecule has 1 aliphatic heterocycles. The SMILES string of the molecule is CCOc1ccc(S(=O)(=O)N2CCC(C(=O)NCc3cccc4ccccc34)CC2)cc1Cl. The van der Waals surface area contributed by atoms with Crippen molar-refractivity contribution >= 4 is 38.3 Å². The van der Waals surface area contributed by atoms with Crippen LogP contribution in [0.3, 0.4) is 0 Å². The first-order chi connectivity index (χ1) is 15.9. The van der Waals surface area contributed by atoms with Gasteiger partial charge in [-0.2, -0.15) is 4.31 Å². The highest BCUT2D eigenvalue weighted by molar-refractivity contribution is 7.89. The van der Waals surface area contributed by atoms with Gasteiger partial charge in [-0.25, -0.2) is 8.42 Å². The van der Waals surface area contributed by atoms with Gasteiger partial charge in [0.25, 0.3) is 0 Å². The number of carbonyl (C=O) groups excluding carboxylic acids is 1. The van der Waals surface area contributed by atoms with Gasteiger partial charge in [0.15, 0.2) is 0 Å². The molecule has 0 radical (unpaired) electrons. The average molecular weight is 487 g/mol. The molecule has 0 atom stereocenters. The van der Waals surface area contributed by atoms with Crippen LogP contribution in [0.1, 0.15) is 25.3 Å². The minimum atomic E-state index is -3.68. The lowest BCUT2D eigenvalue weighted by Crippen LogP contribution is -2.42. The lowest BCUT2D eigenvalue weighted by atomic mass is 9.97. The molecule has 0 unspecified atom stereocenters. The van der Waals surface area contributed by atoms with Crippen molar-refractivity contribution in [2.75, 3.05) is 19.7 Å². The zero-order valence-electron chi connectivity index (χ0n) is 18.5. The largest absolute Gasteiger partial charge is 0.492 e. The topological polar surface area (TPSA) is 75.7 Å². The van der Waals surface area contributed by atoms with Crippen molar-refractivity contribution in [3.8, 4) is 5.75 Å². The van der Waals surface area contributed by atoms with E-state index in [4.69, 9.17) is 16.3 Å². The first-order valence-electron chi connectivity index (χ1n) is 11.1. The summed E-state index contributed by atoms with van der Waals surface area (Å²) in [6, 6.07) is 18.6. The normalized spacial score (nSPS) is 15.5. The average Bonchev–Trinajstić information content (AvgIpc) is 2.84. The fourth-order valence-corrected chi connectivity index (χ4v) is 5.99. The van der Waals surface area contributed by atoms with Gasteiger partial charge >= 0.3 is 0 Å². The second-order valence-electron chi connectivity index (χ2n) is 8.06. The molecule has 1 saturated heterocycles. The third-order valence-corrected chi connectivity index (χ3v) is 8.19. The molecule has 3 aromatic rings. The third-order valence-electron chi connectivity index (χ3n) is 6.00. The van der Waals surface area contributed by atoms with E-state index in [-0.39, 0.29) is 21.7 Å². The van der Waals surface area contributed by atoms with Crippen LogP contribution in [0.15, 0.2) is 65.6 Å². The van der Waals surface area contributed by atoms with Crippen molar-refractivity contribution in [2.24, 2.45) is 5.92 Å². The van der Waals surface area contributed by atoms with Gasteiger partial charge in [0.1, 0.15) is 5.75 Å². The number of nitrogens with one attached hydrogen (secondary N) is 1. The van der Waals surface area contributed by atoms with Gasteiger partial charge in [-0.05, 0) is 54.3 Å². The first-order valence-corrected chi connectivity index (χ1v) is 12.9. The number of piperidine rings is 1. The molecule has 1 N–H and O–H groups in total. The summed E-state index contributed by atoms with van der Waals surface area (Å²) >= 11 is 6.18. The number of hydrogen-bond donors (Lipinski definition) is 1. The second-order valence-corrected chi connectivity index (χ2v) is 10.4. The molecule has 0 aliphatic carbocycles. The number of benzene rings is 3. The van der Waals surface area contributed by atoms with Crippen molar-refractivity contribution in [2.45, 2.75) is 31.2 Å². The predicted molar refractivity (Wildman–Crippen MR) is 130 cm³/mol. The van der Waals surface area contributed by atoms with Crippen LogP contribution in [0.25, 0.3) is 10.8 Å². The smallest absolute Gasteiger partial charge is 0.243 e. The summed E-state index contributed by atoms with van der Waals surface area (Å²) in [5.74, 6) is 0.208. The van der Waals surface area contributed by atoms with Gasteiger partial charge < -0.3 is 10.1 Å². The maximum atomic E-state index is 13.0. The van der Waals surface area contributed by atoms with Gasteiger partial charge in [0, 0.05) is 25.6 Å². The third kappa shape index (κ3) is 5.16. The van der Waals surface area contributed by atoms with Gasteiger partial charge in [-0.15, -0.1) is 0 Å². The molecule has 3 aromatic carbocycles. The summed E-state index contributed by atoms with van der Waals surface area (Å²) < 4.78 is 32.9. The molecule has 8 heteroatoms. The molecule has 0 saturated carbocycles. The summed E-state index contributed by atoms with van der Waals surface area (Å²) in [6.45, 7) is 3.31. The summed E-state index contributed by atoms with van der Waals surface area (Å²) in [4.78, 5) is 12.9. The van der Waals surface area contributed by atoms with Crippen molar-refractivity contribution in [3.05, 3.63) is 71.2 Å². The zero-order valence-corrected chi connectivity index (χ0v) is 20.0. The number of fused-ring (bicyclic) bond motifs is 1. The Morgan fingerprint density at radius 2 is 1.82 bits per heavy atom. The van der Waals surface area contributed by atoms with E-state index in [0.29, 0.717) is 44.8 Å². The molecule has 33 heavy (non-hydrogen) atoms. The fraction of sp³-hybridized carbons (Fsp3) is 0.320. The molecule has 1 amide bonds. The number of ether oxygens (including phenoxy) is 1. The van der Waals surface area contributed by atoms with Crippen LogP contribution in [0, 0.1) is 5.92 Å². The zero-order chi connectivity index (χ0) is 23.4.